The van der Waals surface area contributed by atoms with Gasteiger partial charge in [-0.05, 0) is 51.8 Å². The first kappa shape index (κ1) is 20.0. The van der Waals surface area contributed by atoms with Gasteiger partial charge in [-0.2, -0.15) is 0 Å². The average Bonchev–Trinajstić information content (AvgIpc) is 2.58. The van der Waals surface area contributed by atoms with Gasteiger partial charge in [0.1, 0.15) is 29.3 Å². The zero-order chi connectivity index (χ0) is 20.7. The molecule has 0 amide bonds. The number of carboxylic acids is 1. The summed E-state index contributed by atoms with van der Waals surface area (Å²) in [5.41, 5.74) is -0.0565. The van der Waals surface area contributed by atoms with Crippen molar-refractivity contribution in [2.75, 3.05) is 6.61 Å². The smallest absolute Gasteiger partial charge is 0.336 e. The van der Waals surface area contributed by atoms with E-state index in [0.29, 0.717) is 23.5 Å². The normalized spacial score (nSPS) is 15.2. The third kappa shape index (κ3) is 3.77. The van der Waals surface area contributed by atoms with Crippen LogP contribution in [0.15, 0.2) is 27.4 Å². The van der Waals surface area contributed by atoms with E-state index in [-0.39, 0.29) is 6.61 Å². The topological polar surface area (TPSA) is 86.0 Å². The Morgan fingerprint density at radius 2 is 2.00 bits per heavy atom. The van der Waals surface area contributed by atoms with Crippen molar-refractivity contribution in [3.8, 4) is 11.5 Å². The Labute approximate surface area is 163 Å². The second-order valence-corrected chi connectivity index (χ2v) is 8.35. The SMILES string of the molecule is CCCc1cc(=O)oc2cc(OCC(C)(C)C(=O)O)c3c(c12)OC(C)(C)C=C3. The van der Waals surface area contributed by atoms with Crippen LogP contribution in [-0.4, -0.2) is 23.3 Å². The first-order valence-corrected chi connectivity index (χ1v) is 9.42. The number of ether oxygens (including phenoxy) is 2. The molecule has 0 radical (unpaired) electrons. The number of aliphatic carboxylic acids is 1. The van der Waals surface area contributed by atoms with Crippen LogP contribution in [-0.2, 0) is 11.2 Å². The van der Waals surface area contributed by atoms with Crippen LogP contribution in [0.4, 0.5) is 0 Å². The highest BCUT2D eigenvalue weighted by atomic mass is 16.5. The molecule has 1 aliphatic rings. The quantitative estimate of drug-likeness (QED) is 0.740. The Kier molecular flexibility index (Phi) is 5.00. The molecule has 0 bridgehead atoms. The average molecular weight is 386 g/mol. The Morgan fingerprint density at radius 1 is 1.29 bits per heavy atom. The molecule has 0 aliphatic carbocycles. The molecule has 0 fully saturated rings. The maximum atomic E-state index is 12.1. The standard InChI is InChI=1S/C22H26O6/c1-6-7-13-10-17(23)27-16-11-15(26-12-21(2,3)20(24)25)14-8-9-22(4,5)28-19(14)18(13)16/h8-11H,6-7,12H2,1-5H3,(H,24,25). The molecule has 1 aliphatic heterocycles. The zero-order valence-corrected chi connectivity index (χ0v) is 16.9. The lowest BCUT2D eigenvalue weighted by Crippen LogP contribution is -2.31. The van der Waals surface area contributed by atoms with Gasteiger partial charge in [-0.3, -0.25) is 4.79 Å². The van der Waals surface area contributed by atoms with Gasteiger partial charge in [0.25, 0.3) is 0 Å². The van der Waals surface area contributed by atoms with Gasteiger partial charge in [-0.1, -0.05) is 13.3 Å². The Hall–Kier alpha value is -2.76. The van der Waals surface area contributed by atoms with Crippen LogP contribution < -0.4 is 15.1 Å². The molecule has 6 heteroatoms. The molecule has 150 valence electrons. The van der Waals surface area contributed by atoms with E-state index in [1.54, 1.807) is 19.9 Å². The predicted molar refractivity (Wildman–Crippen MR) is 107 cm³/mol. The Morgan fingerprint density at radius 3 is 2.64 bits per heavy atom. The van der Waals surface area contributed by atoms with Crippen molar-refractivity contribution in [2.45, 2.75) is 53.1 Å². The summed E-state index contributed by atoms with van der Waals surface area (Å²) in [6.45, 7) is 9.09. The number of hydrogen-bond acceptors (Lipinski definition) is 5. The summed E-state index contributed by atoms with van der Waals surface area (Å²) >= 11 is 0. The van der Waals surface area contributed by atoms with E-state index in [1.165, 1.54) is 6.07 Å². The van der Waals surface area contributed by atoms with E-state index in [1.807, 2.05) is 32.9 Å². The van der Waals surface area contributed by atoms with Gasteiger partial charge in [0.15, 0.2) is 0 Å². The summed E-state index contributed by atoms with van der Waals surface area (Å²) in [7, 11) is 0. The molecule has 1 N–H and O–H groups in total. The summed E-state index contributed by atoms with van der Waals surface area (Å²) in [6.07, 6.45) is 5.43. The molecule has 0 saturated heterocycles. The van der Waals surface area contributed by atoms with Crippen LogP contribution >= 0.6 is 0 Å². The number of fused-ring (bicyclic) bond motifs is 3. The molecule has 0 spiro atoms. The fourth-order valence-corrected chi connectivity index (χ4v) is 3.12. The largest absolute Gasteiger partial charge is 0.492 e. The highest BCUT2D eigenvalue weighted by Gasteiger charge is 2.31. The van der Waals surface area contributed by atoms with Gasteiger partial charge < -0.3 is 19.0 Å². The first-order chi connectivity index (χ1) is 13.0. The van der Waals surface area contributed by atoms with Gasteiger partial charge in [-0.15, -0.1) is 0 Å². The Balaban J connectivity index is 2.21. The Bertz CT molecular complexity index is 1010. The number of hydrogen-bond donors (Lipinski definition) is 1. The zero-order valence-electron chi connectivity index (χ0n) is 16.9. The van der Waals surface area contributed by atoms with Crippen molar-refractivity contribution in [1.82, 2.24) is 0 Å². The maximum Gasteiger partial charge on any atom is 0.336 e. The van der Waals surface area contributed by atoms with Gasteiger partial charge >= 0.3 is 11.6 Å². The van der Waals surface area contributed by atoms with Crippen molar-refractivity contribution in [1.29, 1.82) is 0 Å². The van der Waals surface area contributed by atoms with Crippen LogP contribution in [0.5, 0.6) is 11.5 Å². The van der Waals surface area contributed by atoms with Crippen LogP contribution in [0.2, 0.25) is 0 Å². The highest BCUT2D eigenvalue weighted by Crippen LogP contribution is 2.44. The van der Waals surface area contributed by atoms with Crippen molar-refractivity contribution >= 4 is 23.0 Å². The minimum Gasteiger partial charge on any atom is -0.492 e. The minimum absolute atomic E-state index is 0.0314. The molecule has 6 nitrogen and oxygen atoms in total. The monoisotopic (exact) mass is 386 g/mol. The number of benzene rings is 1. The van der Waals surface area contributed by atoms with Gasteiger partial charge in [-0.25, -0.2) is 4.79 Å². The molecular formula is C22H26O6. The van der Waals surface area contributed by atoms with Crippen molar-refractivity contribution in [3.63, 3.8) is 0 Å². The van der Waals surface area contributed by atoms with E-state index in [4.69, 9.17) is 13.9 Å². The highest BCUT2D eigenvalue weighted by molar-refractivity contribution is 5.94. The lowest BCUT2D eigenvalue weighted by molar-refractivity contribution is -0.148. The van der Waals surface area contributed by atoms with Crippen molar-refractivity contribution in [2.24, 2.45) is 5.41 Å². The lowest BCUT2D eigenvalue weighted by Gasteiger charge is -2.30. The third-order valence-corrected chi connectivity index (χ3v) is 4.77. The fraction of sp³-hybridized carbons (Fsp3) is 0.455. The summed E-state index contributed by atoms with van der Waals surface area (Å²) in [5, 5.41) is 10.1. The van der Waals surface area contributed by atoms with Crippen LogP contribution in [0, 0.1) is 5.41 Å². The molecule has 0 saturated carbocycles. The molecular weight excluding hydrogens is 360 g/mol. The molecule has 2 aromatic rings. The summed E-state index contributed by atoms with van der Waals surface area (Å²) in [6, 6.07) is 3.16. The number of rotatable bonds is 6. The van der Waals surface area contributed by atoms with Gasteiger partial charge in [0, 0.05) is 12.1 Å². The van der Waals surface area contributed by atoms with E-state index in [9.17, 15) is 14.7 Å². The number of carbonyl (C=O) groups is 1. The van der Waals surface area contributed by atoms with Crippen molar-refractivity contribution in [3.05, 3.63) is 39.8 Å². The summed E-state index contributed by atoms with van der Waals surface area (Å²) in [4.78, 5) is 23.5. The third-order valence-electron chi connectivity index (χ3n) is 4.77. The predicted octanol–water partition coefficient (Wildman–Crippen LogP) is 4.42. The van der Waals surface area contributed by atoms with Crippen LogP contribution in [0.1, 0.15) is 52.2 Å². The van der Waals surface area contributed by atoms with Gasteiger partial charge in [0.2, 0.25) is 0 Å². The minimum atomic E-state index is -1.06. The van der Waals surface area contributed by atoms with Crippen LogP contribution in [0.3, 0.4) is 0 Å². The van der Waals surface area contributed by atoms with Crippen LogP contribution in [0.25, 0.3) is 17.0 Å². The van der Waals surface area contributed by atoms with E-state index in [0.717, 1.165) is 22.9 Å². The fourth-order valence-electron chi connectivity index (χ4n) is 3.12. The second-order valence-electron chi connectivity index (χ2n) is 8.35. The van der Waals surface area contributed by atoms with Crippen molar-refractivity contribution < 1.29 is 23.8 Å². The molecule has 0 unspecified atom stereocenters. The molecule has 2 heterocycles. The molecule has 1 aromatic heterocycles. The van der Waals surface area contributed by atoms with Gasteiger partial charge in [0.05, 0.1) is 16.4 Å². The lowest BCUT2D eigenvalue weighted by atomic mass is 9.94. The van der Waals surface area contributed by atoms with E-state index >= 15 is 0 Å². The summed E-state index contributed by atoms with van der Waals surface area (Å²) < 4.78 is 17.6. The van der Waals surface area contributed by atoms with E-state index in [2.05, 4.69) is 0 Å². The summed E-state index contributed by atoms with van der Waals surface area (Å²) in [5.74, 6) is 0.0764. The second kappa shape index (κ2) is 7.00. The number of aryl methyl sites for hydroxylation is 1. The molecule has 3 rings (SSSR count). The number of carboxylic acid groups (broad SMARTS) is 1. The first-order valence-electron chi connectivity index (χ1n) is 9.42. The maximum absolute atomic E-state index is 12.1. The van der Waals surface area contributed by atoms with E-state index < -0.39 is 22.6 Å². The molecule has 0 atom stereocenters. The molecule has 1 aromatic carbocycles. The molecule has 28 heavy (non-hydrogen) atoms.